The molecule has 7 nitrogen and oxygen atoms in total. The largest absolute Gasteiger partial charge is 0.481 e. The molecule has 0 aliphatic heterocycles. The summed E-state index contributed by atoms with van der Waals surface area (Å²) in [5, 5.41) is 16.5. The number of aryl methyl sites for hydroxylation is 1. The Bertz CT molecular complexity index is 721. The van der Waals surface area contributed by atoms with E-state index in [0.29, 0.717) is 30.6 Å². The second-order valence-corrected chi connectivity index (χ2v) is 5.82. The van der Waals surface area contributed by atoms with Gasteiger partial charge in [0, 0.05) is 24.4 Å². The number of unbranched alkanes of at least 4 members (excludes halogenated alkanes) is 1. The van der Waals surface area contributed by atoms with Gasteiger partial charge in [-0.2, -0.15) is 5.10 Å². The fourth-order valence-electron chi connectivity index (χ4n) is 2.37. The standard InChI is InChI=1S/C16H22N4O3/c1-10(2)20-15-12(9-18-20)8-13(11(3)19-15)16(23)17-7-5-4-6-14(21)22/h8-10H,4-7H2,1-3H3,(H,17,23)(H,21,22). The molecule has 1 amide bonds. The van der Waals surface area contributed by atoms with Gasteiger partial charge in [-0.15, -0.1) is 0 Å². The summed E-state index contributed by atoms with van der Waals surface area (Å²) in [6, 6.07) is 2.00. The summed E-state index contributed by atoms with van der Waals surface area (Å²) in [5.41, 5.74) is 1.96. The van der Waals surface area contributed by atoms with E-state index in [-0.39, 0.29) is 18.4 Å². The van der Waals surface area contributed by atoms with Gasteiger partial charge in [0.05, 0.1) is 17.5 Å². The maximum absolute atomic E-state index is 12.3. The van der Waals surface area contributed by atoms with Crippen LogP contribution in [0.25, 0.3) is 11.0 Å². The normalized spacial score (nSPS) is 11.1. The van der Waals surface area contributed by atoms with E-state index in [1.165, 1.54) is 0 Å². The molecule has 0 saturated carbocycles. The number of nitrogens with one attached hydrogen (secondary N) is 1. The van der Waals surface area contributed by atoms with Crippen LogP contribution in [0.3, 0.4) is 0 Å². The topological polar surface area (TPSA) is 97.1 Å². The van der Waals surface area contributed by atoms with E-state index < -0.39 is 5.97 Å². The molecule has 0 unspecified atom stereocenters. The monoisotopic (exact) mass is 318 g/mol. The van der Waals surface area contributed by atoms with Crippen molar-refractivity contribution in [2.75, 3.05) is 6.54 Å². The first-order chi connectivity index (χ1) is 10.9. The van der Waals surface area contributed by atoms with Crippen molar-refractivity contribution in [3.63, 3.8) is 0 Å². The van der Waals surface area contributed by atoms with E-state index in [1.807, 2.05) is 18.5 Å². The minimum atomic E-state index is -0.816. The third-order valence-electron chi connectivity index (χ3n) is 3.60. The Labute approximate surface area is 134 Å². The van der Waals surface area contributed by atoms with Gasteiger partial charge in [0.1, 0.15) is 0 Å². The number of rotatable bonds is 7. The van der Waals surface area contributed by atoms with Crippen LogP contribution in [-0.4, -0.2) is 38.3 Å². The maximum atomic E-state index is 12.3. The van der Waals surface area contributed by atoms with E-state index in [0.717, 1.165) is 11.0 Å². The zero-order chi connectivity index (χ0) is 17.0. The summed E-state index contributed by atoms with van der Waals surface area (Å²) in [6.07, 6.45) is 3.02. The molecule has 0 saturated heterocycles. The van der Waals surface area contributed by atoms with E-state index in [9.17, 15) is 9.59 Å². The van der Waals surface area contributed by atoms with Crippen LogP contribution in [0, 0.1) is 6.92 Å². The lowest BCUT2D eigenvalue weighted by molar-refractivity contribution is -0.137. The Morgan fingerprint density at radius 2 is 2.09 bits per heavy atom. The molecule has 124 valence electrons. The van der Waals surface area contributed by atoms with Crippen molar-refractivity contribution >= 4 is 22.9 Å². The molecule has 2 N–H and O–H groups in total. The van der Waals surface area contributed by atoms with Crippen LogP contribution in [0.15, 0.2) is 12.3 Å². The second kappa shape index (κ2) is 7.21. The first-order valence-electron chi connectivity index (χ1n) is 7.75. The van der Waals surface area contributed by atoms with Gasteiger partial charge >= 0.3 is 5.97 Å². The summed E-state index contributed by atoms with van der Waals surface area (Å²) in [6.45, 7) is 6.31. The molecular weight excluding hydrogens is 296 g/mol. The fraction of sp³-hybridized carbons (Fsp3) is 0.500. The summed E-state index contributed by atoms with van der Waals surface area (Å²) >= 11 is 0. The van der Waals surface area contributed by atoms with Crippen LogP contribution < -0.4 is 5.32 Å². The number of carbonyl (C=O) groups excluding carboxylic acids is 1. The summed E-state index contributed by atoms with van der Waals surface area (Å²) in [5.74, 6) is -1.01. The maximum Gasteiger partial charge on any atom is 0.303 e. The predicted molar refractivity (Wildman–Crippen MR) is 86.5 cm³/mol. The number of nitrogens with zero attached hydrogens (tertiary/aromatic N) is 3. The van der Waals surface area contributed by atoms with Crippen molar-refractivity contribution < 1.29 is 14.7 Å². The Morgan fingerprint density at radius 1 is 1.35 bits per heavy atom. The van der Waals surface area contributed by atoms with E-state index in [1.54, 1.807) is 19.2 Å². The smallest absolute Gasteiger partial charge is 0.303 e. The third kappa shape index (κ3) is 4.06. The zero-order valence-electron chi connectivity index (χ0n) is 13.7. The molecule has 0 spiro atoms. The van der Waals surface area contributed by atoms with Crippen LogP contribution in [0.1, 0.15) is 55.2 Å². The molecule has 0 bridgehead atoms. The number of fused-ring (bicyclic) bond motifs is 1. The zero-order valence-corrected chi connectivity index (χ0v) is 13.7. The van der Waals surface area contributed by atoms with Crippen LogP contribution in [0.5, 0.6) is 0 Å². The van der Waals surface area contributed by atoms with Crippen LogP contribution >= 0.6 is 0 Å². The molecular formula is C16H22N4O3. The van der Waals surface area contributed by atoms with Crippen molar-refractivity contribution in [3.05, 3.63) is 23.5 Å². The number of carbonyl (C=O) groups is 2. The third-order valence-corrected chi connectivity index (χ3v) is 3.60. The predicted octanol–water partition coefficient (Wildman–Crippen LogP) is 2.31. The van der Waals surface area contributed by atoms with Crippen LogP contribution in [0.2, 0.25) is 0 Å². The molecule has 0 aliphatic rings. The van der Waals surface area contributed by atoms with Crippen molar-refractivity contribution in [2.45, 2.75) is 46.1 Å². The minimum Gasteiger partial charge on any atom is -0.481 e. The van der Waals surface area contributed by atoms with E-state index in [2.05, 4.69) is 15.4 Å². The average molecular weight is 318 g/mol. The summed E-state index contributed by atoms with van der Waals surface area (Å²) in [7, 11) is 0. The molecule has 7 heteroatoms. The van der Waals surface area contributed by atoms with Crippen LogP contribution in [-0.2, 0) is 4.79 Å². The Hall–Kier alpha value is -2.44. The van der Waals surface area contributed by atoms with Gasteiger partial charge in [0.25, 0.3) is 5.91 Å². The molecule has 0 fully saturated rings. The quantitative estimate of drug-likeness (QED) is 0.764. The number of hydrogen-bond acceptors (Lipinski definition) is 4. The van der Waals surface area contributed by atoms with Gasteiger partial charge < -0.3 is 10.4 Å². The molecule has 2 rings (SSSR count). The highest BCUT2D eigenvalue weighted by atomic mass is 16.4. The SMILES string of the molecule is Cc1nc2c(cnn2C(C)C)cc1C(=O)NCCCCC(=O)O. The number of aliphatic carboxylic acids is 1. The van der Waals surface area contributed by atoms with Crippen LogP contribution in [0.4, 0.5) is 0 Å². The van der Waals surface area contributed by atoms with Gasteiger partial charge in [-0.3, -0.25) is 9.59 Å². The van der Waals surface area contributed by atoms with E-state index in [4.69, 9.17) is 5.11 Å². The number of carboxylic acids is 1. The van der Waals surface area contributed by atoms with Crippen molar-refractivity contribution in [3.8, 4) is 0 Å². The molecule has 2 aromatic heterocycles. The van der Waals surface area contributed by atoms with Gasteiger partial charge in [-0.25, -0.2) is 9.67 Å². The lowest BCUT2D eigenvalue weighted by atomic mass is 10.1. The van der Waals surface area contributed by atoms with Crippen molar-refractivity contribution in [1.82, 2.24) is 20.1 Å². The Balaban J connectivity index is 2.06. The minimum absolute atomic E-state index is 0.122. The average Bonchev–Trinajstić information content (AvgIpc) is 2.88. The molecule has 2 heterocycles. The summed E-state index contributed by atoms with van der Waals surface area (Å²) in [4.78, 5) is 27.2. The molecule has 23 heavy (non-hydrogen) atoms. The van der Waals surface area contributed by atoms with Gasteiger partial charge in [-0.1, -0.05) is 0 Å². The van der Waals surface area contributed by atoms with Gasteiger partial charge in [0.15, 0.2) is 5.65 Å². The molecule has 0 aromatic carbocycles. The molecule has 0 radical (unpaired) electrons. The highest BCUT2D eigenvalue weighted by Gasteiger charge is 2.14. The first kappa shape index (κ1) is 16.9. The summed E-state index contributed by atoms with van der Waals surface area (Å²) < 4.78 is 1.83. The molecule has 0 aliphatic carbocycles. The van der Waals surface area contributed by atoms with E-state index >= 15 is 0 Å². The highest BCUT2D eigenvalue weighted by Crippen LogP contribution is 2.19. The highest BCUT2D eigenvalue weighted by molar-refractivity contribution is 5.98. The number of amides is 1. The van der Waals surface area contributed by atoms with Gasteiger partial charge in [0.2, 0.25) is 0 Å². The molecule has 2 aromatic rings. The van der Waals surface area contributed by atoms with Gasteiger partial charge in [-0.05, 0) is 39.7 Å². The lowest BCUT2D eigenvalue weighted by Crippen LogP contribution is -2.25. The second-order valence-electron chi connectivity index (χ2n) is 5.82. The number of hydrogen-bond donors (Lipinski definition) is 2. The fourth-order valence-corrected chi connectivity index (χ4v) is 2.37. The lowest BCUT2D eigenvalue weighted by Gasteiger charge is -2.09. The Kier molecular flexibility index (Phi) is 5.31. The van der Waals surface area contributed by atoms with Crippen molar-refractivity contribution in [2.24, 2.45) is 0 Å². The number of aromatic nitrogens is 3. The Morgan fingerprint density at radius 3 is 2.74 bits per heavy atom. The first-order valence-corrected chi connectivity index (χ1v) is 7.75. The number of carboxylic acid groups (broad SMARTS) is 1. The van der Waals surface area contributed by atoms with Crippen molar-refractivity contribution in [1.29, 1.82) is 0 Å². The molecule has 0 atom stereocenters. The number of pyridine rings is 1.